The number of carbonyl (C=O) groups is 2. The second-order valence-electron chi connectivity index (χ2n) is 7.26. The summed E-state index contributed by atoms with van der Waals surface area (Å²) in [5, 5.41) is 0.620. The molecule has 1 unspecified atom stereocenters. The number of rotatable bonds is 4. The van der Waals surface area contributed by atoms with Crippen LogP contribution in [-0.2, 0) is 9.53 Å². The summed E-state index contributed by atoms with van der Waals surface area (Å²) in [5.41, 5.74) is -0.524. The molecular formula is C19H27ClN2O4. The fourth-order valence-corrected chi connectivity index (χ4v) is 2.75. The molecule has 0 aliphatic carbocycles. The Morgan fingerprint density at radius 3 is 2.12 bits per heavy atom. The van der Waals surface area contributed by atoms with Crippen LogP contribution >= 0.6 is 11.6 Å². The molecule has 0 spiro atoms. The Morgan fingerprint density at radius 2 is 1.62 bits per heavy atom. The van der Waals surface area contributed by atoms with Crippen LogP contribution < -0.4 is 4.74 Å². The first kappa shape index (κ1) is 20.4. The molecule has 0 saturated carbocycles. The van der Waals surface area contributed by atoms with Gasteiger partial charge < -0.3 is 19.3 Å². The lowest BCUT2D eigenvalue weighted by Crippen LogP contribution is -2.54. The van der Waals surface area contributed by atoms with Gasteiger partial charge in [0.15, 0.2) is 6.10 Å². The van der Waals surface area contributed by atoms with Crippen LogP contribution in [0.4, 0.5) is 4.79 Å². The highest BCUT2D eigenvalue weighted by Gasteiger charge is 2.31. The third kappa shape index (κ3) is 5.80. The maximum atomic E-state index is 12.7. The van der Waals surface area contributed by atoms with E-state index < -0.39 is 11.7 Å². The number of benzene rings is 1. The zero-order chi connectivity index (χ0) is 19.3. The molecule has 1 aliphatic heterocycles. The molecule has 1 aromatic rings. The lowest BCUT2D eigenvalue weighted by molar-refractivity contribution is -0.140. The highest BCUT2D eigenvalue weighted by atomic mass is 35.5. The van der Waals surface area contributed by atoms with Crippen molar-refractivity contribution in [1.29, 1.82) is 0 Å². The minimum atomic E-state index is -0.552. The second kappa shape index (κ2) is 8.62. The van der Waals surface area contributed by atoms with E-state index >= 15 is 0 Å². The molecule has 0 bridgehead atoms. The molecule has 1 atom stereocenters. The molecule has 1 aromatic carbocycles. The van der Waals surface area contributed by atoms with E-state index in [0.717, 1.165) is 0 Å². The van der Waals surface area contributed by atoms with Gasteiger partial charge in [0, 0.05) is 31.2 Å². The number of ether oxygens (including phenoxy) is 2. The van der Waals surface area contributed by atoms with Gasteiger partial charge in [-0.05, 0) is 51.5 Å². The van der Waals surface area contributed by atoms with Gasteiger partial charge in [0.2, 0.25) is 0 Å². The van der Waals surface area contributed by atoms with Crippen LogP contribution in [0, 0.1) is 0 Å². The number of hydrogen-bond donors (Lipinski definition) is 0. The van der Waals surface area contributed by atoms with E-state index in [4.69, 9.17) is 21.1 Å². The minimum Gasteiger partial charge on any atom is -0.481 e. The minimum absolute atomic E-state index is 0.0636. The smallest absolute Gasteiger partial charge is 0.410 e. The van der Waals surface area contributed by atoms with Gasteiger partial charge in [-0.2, -0.15) is 0 Å². The Morgan fingerprint density at radius 1 is 1.08 bits per heavy atom. The van der Waals surface area contributed by atoms with Crippen molar-refractivity contribution in [2.45, 2.75) is 45.8 Å². The number of hydrogen-bond acceptors (Lipinski definition) is 4. The van der Waals surface area contributed by atoms with E-state index in [1.165, 1.54) is 0 Å². The summed E-state index contributed by atoms with van der Waals surface area (Å²) in [5.74, 6) is 0.549. The van der Waals surface area contributed by atoms with Crippen molar-refractivity contribution in [3.63, 3.8) is 0 Å². The number of piperazine rings is 1. The van der Waals surface area contributed by atoms with Crippen molar-refractivity contribution in [3.05, 3.63) is 29.3 Å². The summed E-state index contributed by atoms with van der Waals surface area (Å²) in [4.78, 5) is 28.2. The molecule has 1 heterocycles. The SMILES string of the molecule is CCC(Oc1ccc(Cl)cc1)C(=O)N1CCN(C(=O)OC(C)(C)C)CC1. The lowest BCUT2D eigenvalue weighted by Gasteiger charge is -2.36. The van der Waals surface area contributed by atoms with E-state index in [2.05, 4.69) is 0 Å². The molecule has 0 aromatic heterocycles. The predicted molar refractivity (Wildman–Crippen MR) is 101 cm³/mol. The summed E-state index contributed by atoms with van der Waals surface area (Å²) < 4.78 is 11.2. The quantitative estimate of drug-likeness (QED) is 0.798. The monoisotopic (exact) mass is 382 g/mol. The first-order valence-electron chi connectivity index (χ1n) is 8.88. The molecule has 0 radical (unpaired) electrons. The van der Waals surface area contributed by atoms with Crippen LogP contribution in [0.25, 0.3) is 0 Å². The Labute approximate surface area is 160 Å². The Balaban J connectivity index is 1.89. The van der Waals surface area contributed by atoms with Crippen LogP contribution in [0.15, 0.2) is 24.3 Å². The van der Waals surface area contributed by atoms with Crippen molar-refractivity contribution in [2.24, 2.45) is 0 Å². The largest absolute Gasteiger partial charge is 0.481 e. The van der Waals surface area contributed by atoms with E-state index in [1.54, 1.807) is 34.1 Å². The van der Waals surface area contributed by atoms with Crippen LogP contribution in [0.5, 0.6) is 5.75 Å². The maximum Gasteiger partial charge on any atom is 0.410 e. The average molecular weight is 383 g/mol. The molecule has 26 heavy (non-hydrogen) atoms. The zero-order valence-corrected chi connectivity index (χ0v) is 16.6. The van der Waals surface area contributed by atoms with E-state index in [0.29, 0.717) is 43.4 Å². The number of halogens is 1. The fourth-order valence-electron chi connectivity index (χ4n) is 2.63. The van der Waals surface area contributed by atoms with Crippen LogP contribution in [-0.4, -0.2) is 59.7 Å². The second-order valence-corrected chi connectivity index (χ2v) is 7.70. The zero-order valence-electron chi connectivity index (χ0n) is 15.8. The van der Waals surface area contributed by atoms with Crippen molar-refractivity contribution in [3.8, 4) is 5.75 Å². The van der Waals surface area contributed by atoms with E-state index in [-0.39, 0.29) is 12.0 Å². The summed E-state index contributed by atoms with van der Waals surface area (Å²) >= 11 is 5.87. The fraction of sp³-hybridized carbons (Fsp3) is 0.579. The van der Waals surface area contributed by atoms with Gasteiger partial charge in [-0.15, -0.1) is 0 Å². The summed E-state index contributed by atoms with van der Waals surface area (Å²) in [6.45, 7) is 9.28. The normalized spacial score (nSPS) is 16.2. The van der Waals surface area contributed by atoms with Gasteiger partial charge in [0.1, 0.15) is 11.4 Å². The molecular weight excluding hydrogens is 356 g/mol. The van der Waals surface area contributed by atoms with Gasteiger partial charge in [-0.1, -0.05) is 18.5 Å². The molecule has 0 N–H and O–H groups in total. The summed E-state index contributed by atoms with van der Waals surface area (Å²) in [6, 6.07) is 6.96. The van der Waals surface area contributed by atoms with Crippen molar-refractivity contribution < 1.29 is 19.1 Å². The van der Waals surface area contributed by atoms with Gasteiger partial charge in [-0.25, -0.2) is 4.79 Å². The van der Waals surface area contributed by atoms with E-state index in [9.17, 15) is 9.59 Å². The summed E-state index contributed by atoms with van der Waals surface area (Å²) in [7, 11) is 0. The van der Waals surface area contributed by atoms with Crippen molar-refractivity contribution in [2.75, 3.05) is 26.2 Å². The third-order valence-electron chi connectivity index (χ3n) is 3.98. The standard InChI is InChI=1S/C19H27ClN2O4/c1-5-16(25-15-8-6-14(20)7-9-15)17(23)21-10-12-22(13-11-21)18(24)26-19(2,3)4/h6-9,16H,5,10-13H2,1-4H3. The molecule has 1 saturated heterocycles. The van der Waals surface area contributed by atoms with Gasteiger partial charge in [0.25, 0.3) is 5.91 Å². The predicted octanol–water partition coefficient (Wildman–Crippen LogP) is 3.58. The summed E-state index contributed by atoms with van der Waals surface area (Å²) in [6.07, 6.45) is -0.327. The molecule has 6 nitrogen and oxygen atoms in total. The molecule has 7 heteroatoms. The van der Waals surface area contributed by atoms with Crippen LogP contribution in [0.2, 0.25) is 5.02 Å². The molecule has 144 valence electrons. The maximum absolute atomic E-state index is 12.7. The molecule has 2 rings (SSSR count). The number of carbonyl (C=O) groups excluding carboxylic acids is 2. The average Bonchev–Trinajstić information content (AvgIpc) is 2.59. The van der Waals surface area contributed by atoms with Crippen LogP contribution in [0.1, 0.15) is 34.1 Å². The Bertz CT molecular complexity index is 619. The molecule has 2 amide bonds. The van der Waals surface area contributed by atoms with Crippen molar-refractivity contribution in [1.82, 2.24) is 9.80 Å². The highest BCUT2D eigenvalue weighted by molar-refractivity contribution is 6.30. The first-order valence-corrected chi connectivity index (χ1v) is 9.26. The lowest BCUT2D eigenvalue weighted by atomic mass is 10.2. The highest BCUT2D eigenvalue weighted by Crippen LogP contribution is 2.19. The third-order valence-corrected chi connectivity index (χ3v) is 4.23. The number of amides is 2. The van der Waals surface area contributed by atoms with E-state index in [1.807, 2.05) is 27.7 Å². The van der Waals surface area contributed by atoms with Gasteiger partial charge in [-0.3, -0.25) is 4.79 Å². The van der Waals surface area contributed by atoms with Crippen molar-refractivity contribution >= 4 is 23.6 Å². The van der Waals surface area contributed by atoms with Gasteiger partial charge in [0.05, 0.1) is 0 Å². The molecule has 1 aliphatic rings. The Hall–Kier alpha value is -1.95. The van der Waals surface area contributed by atoms with Crippen LogP contribution in [0.3, 0.4) is 0 Å². The Kier molecular flexibility index (Phi) is 6.75. The first-order chi connectivity index (χ1) is 12.2. The molecule has 1 fully saturated rings. The number of nitrogens with zero attached hydrogens (tertiary/aromatic N) is 2. The van der Waals surface area contributed by atoms with Gasteiger partial charge >= 0.3 is 6.09 Å². The topological polar surface area (TPSA) is 59.1 Å².